The van der Waals surface area contributed by atoms with Gasteiger partial charge in [0.2, 0.25) is 0 Å². The van der Waals surface area contributed by atoms with E-state index < -0.39 is 0 Å². The van der Waals surface area contributed by atoms with Gasteiger partial charge in [0, 0.05) is 18.9 Å². The third-order valence-electron chi connectivity index (χ3n) is 4.90. The fourth-order valence-corrected chi connectivity index (χ4v) is 3.55. The van der Waals surface area contributed by atoms with E-state index in [2.05, 4.69) is 54.5 Å². The number of carbonyl (C=O) groups excluding carboxylic acids is 1. The highest BCUT2D eigenvalue weighted by Crippen LogP contribution is 2.36. The highest BCUT2D eigenvalue weighted by Gasteiger charge is 2.25. The van der Waals surface area contributed by atoms with Gasteiger partial charge in [0.25, 0.3) is 5.91 Å². The SMILES string of the molecule is Cc1ccc(-c2ccc3c(c2)C(NC(=O)c2coc(C)n2)CCO3)c(C)c1. The summed E-state index contributed by atoms with van der Waals surface area (Å²) in [5.74, 6) is 1.06. The average Bonchev–Trinajstić information content (AvgIpc) is 3.08. The maximum atomic E-state index is 12.5. The molecule has 0 bridgehead atoms. The number of aryl methyl sites for hydroxylation is 3. The summed E-state index contributed by atoms with van der Waals surface area (Å²) < 4.78 is 10.9. The molecule has 0 spiro atoms. The van der Waals surface area contributed by atoms with Crippen molar-refractivity contribution in [1.82, 2.24) is 10.3 Å². The summed E-state index contributed by atoms with van der Waals surface area (Å²) in [6, 6.07) is 12.5. The van der Waals surface area contributed by atoms with Crippen LogP contribution >= 0.6 is 0 Å². The molecule has 0 fully saturated rings. The molecular formula is C22H22N2O3. The topological polar surface area (TPSA) is 64.4 Å². The Morgan fingerprint density at radius 3 is 2.74 bits per heavy atom. The van der Waals surface area contributed by atoms with Gasteiger partial charge in [-0.15, -0.1) is 0 Å². The molecular weight excluding hydrogens is 340 g/mol. The first-order valence-corrected chi connectivity index (χ1v) is 9.08. The van der Waals surface area contributed by atoms with Gasteiger partial charge in [-0.25, -0.2) is 4.98 Å². The van der Waals surface area contributed by atoms with Gasteiger partial charge < -0.3 is 14.5 Å². The minimum atomic E-state index is -0.235. The molecule has 1 aromatic heterocycles. The van der Waals surface area contributed by atoms with E-state index in [4.69, 9.17) is 9.15 Å². The van der Waals surface area contributed by atoms with Crippen LogP contribution in [0.5, 0.6) is 5.75 Å². The van der Waals surface area contributed by atoms with Gasteiger partial charge in [0.1, 0.15) is 12.0 Å². The minimum absolute atomic E-state index is 0.121. The normalized spacial score (nSPS) is 15.7. The van der Waals surface area contributed by atoms with Crippen molar-refractivity contribution < 1.29 is 13.9 Å². The summed E-state index contributed by atoms with van der Waals surface area (Å²) in [7, 11) is 0. The number of carbonyl (C=O) groups is 1. The molecule has 5 heteroatoms. The Morgan fingerprint density at radius 2 is 2.00 bits per heavy atom. The Hall–Kier alpha value is -3.08. The maximum Gasteiger partial charge on any atom is 0.273 e. The first kappa shape index (κ1) is 17.3. The van der Waals surface area contributed by atoms with Crippen LogP contribution in [0.1, 0.15) is 45.5 Å². The third-order valence-corrected chi connectivity index (χ3v) is 4.90. The van der Waals surface area contributed by atoms with Gasteiger partial charge in [-0.2, -0.15) is 0 Å². The van der Waals surface area contributed by atoms with Gasteiger partial charge in [-0.3, -0.25) is 4.79 Å². The van der Waals surface area contributed by atoms with E-state index in [1.807, 2.05) is 6.07 Å². The molecule has 1 unspecified atom stereocenters. The number of amides is 1. The summed E-state index contributed by atoms with van der Waals surface area (Å²) in [6.45, 7) is 6.49. The Morgan fingerprint density at radius 1 is 1.15 bits per heavy atom. The summed E-state index contributed by atoms with van der Waals surface area (Å²) in [5, 5.41) is 3.07. The second-order valence-corrected chi connectivity index (χ2v) is 6.99. The molecule has 2 aromatic carbocycles. The maximum absolute atomic E-state index is 12.5. The van der Waals surface area contributed by atoms with Crippen LogP contribution in [0.2, 0.25) is 0 Å². The Balaban J connectivity index is 1.65. The molecule has 1 aliphatic rings. The predicted octanol–water partition coefficient (Wildman–Crippen LogP) is 4.52. The smallest absolute Gasteiger partial charge is 0.273 e. The highest BCUT2D eigenvalue weighted by atomic mass is 16.5. The van der Waals surface area contributed by atoms with Crippen molar-refractivity contribution in [1.29, 1.82) is 0 Å². The molecule has 0 saturated carbocycles. The molecule has 4 rings (SSSR count). The van der Waals surface area contributed by atoms with Gasteiger partial charge >= 0.3 is 0 Å². The molecule has 1 amide bonds. The van der Waals surface area contributed by atoms with Crippen molar-refractivity contribution in [3.8, 4) is 16.9 Å². The van der Waals surface area contributed by atoms with Crippen LogP contribution in [0.3, 0.4) is 0 Å². The van der Waals surface area contributed by atoms with Crippen LogP contribution in [0.4, 0.5) is 0 Å². The van der Waals surface area contributed by atoms with E-state index in [0.717, 1.165) is 16.9 Å². The second-order valence-electron chi connectivity index (χ2n) is 6.99. The number of oxazole rings is 1. The van der Waals surface area contributed by atoms with Gasteiger partial charge in [0.15, 0.2) is 11.6 Å². The first-order valence-electron chi connectivity index (χ1n) is 9.08. The van der Waals surface area contributed by atoms with E-state index in [1.54, 1.807) is 6.92 Å². The quantitative estimate of drug-likeness (QED) is 0.744. The first-order chi connectivity index (χ1) is 13.0. The van der Waals surface area contributed by atoms with Crippen molar-refractivity contribution in [2.45, 2.75) is 33.2 Å². The molecule has 1 N–H and O–H groups in total. The number of aromatic nitrogens is 1. The van der Waals surface area contributed by atoms with Crippen LogP contribution in [0.25, 0.3) is 11.1 Å². The van der Waals surface area contributed by atoms with Crippen LogP contribution in [-0.4, -0.2) is 17.5 Å². The number of hydrogen-bond donors (Lipinski definition) is 1. The lowest BCUT2D eigenvalue weighted by atomic mass is 9.93. The molecule has 1 atom stereocenters. The van der Waals surface area contributed by atoms with Gasteiger partial charge in [-0.05, 0) is 42.7 Å². The fraction of sp³-hybridized carbons (Fsp3) is 0.273. The third kappa shape index (κ3) is 3.45. The molecule has 1 aliphatic heterocycles. The zero-order valence-electron chi connectivity index (χ0n) is 15.7. The zero-order chi connectivity index (χ0) is 19.0. The molecule has 5 nitrogen and oxygen atoms in total. The molecule has 27 heavy (non-hydrogen) atoms. The zero-order valence-corrected chi connectivity index (χ0v) is 15.7. The van der Waals surface area contributed by atoms with E-state index in [0.29, 0.717) is 24.6 Å². The van der Waals surface area contributed by atoms with Crippen LogP contribution in [0.15, 0.2) is 47.1 Å². The predicted molar refractivity (Wildman–Crippen MR) is 103 cm³/mol. The van der Waals surface area contributed by atoms with Crippen LogP contribution < -0.4 is 10.1 Å². The Bertz CT molecular complexity index is 1010. The van der Waals surface area contributed by atoms with Crippen molar-refractivity contribution in [3.63, 3.8) is 0 Å². The lowest BCUT2D eigenvalue weighted by Gasteiger charge is -2.27. The molecule has 0 saturated heterocycles. The fourth-order valence-electron chi connectivity index (χ4n) is 3.55. The number of rotatable bonds is 3. The molecule has 2 heterocycles. The number of nitrogens with one attached hydrogen (secondary N) is 1. The van der Waals surface area contributed by atoms with Gasteiger partial charge in [-0.1, -0.05) is 29.8 Å². The highest BCUT2D eigenvalue weighted by molar-refractivity contribution is 5.92. The van der Waals surface area contributed by atoms with Crippen molar-refractivity contribution >= 4 is 5.91 Å². The summed E-state index contributed by atoms with van der Waals surface area (Å²) >= 11 is 0. The van der Waals surface area contributed by atoms with Crippen molar-refractivity contribution in [3.05, 3.63) is 70.9 Å². The molecule has 0 aliphatic carbocycles. The summed E-state index contributed by atoms with van der Waals surface area (Å²) in [4.78, 5) is 16.6. The number of fused-ring (bicyclic) bond motifs is 1. The second kappa shape index (κ2) is 6.91. The Kier molecular flexibility index (Phi) is 4.44. The van der Waals surface area contributed by atoms with E-state index in [9.17, 15) is 4.79 Å². The number of ether oxygens (including phenoxy) is 1. The average molecular weight is 362 g/mol. The number of benzene rings is 2. The summed E-state index contributed by atoms with van der Waals surface area (Å²) in [6.07, 6.45) is 2.10. The minimum Gasteiger partial charge on any atom is -0.493 e. The van der Waals surface area contributed by atoms with Crippen LogP contribution in [-0.2, 0) is 0 Å². The molecule has 0 radical (unpaired) electrons. The van der Waals surface area contributed by atoms with E-state index in [-0.39, 0.29) is 11.9 Å². The number of hydrogen-bond acceptors (Lipinski definition) is 4. The monoisotopic (exact) mass is 362 g/mol. The van der Waals surface area contributed by atoms with E-state index >= 15 is 0 Å². The lowest BCUT2D eigenvalue weighted by molar-refractivity contribution is 0.0919. The number of nitrogens with zero attached hydrogens (tertiary/aromatic N) is 1. The van der Waals surface area contributed by atoms with Crippen LogP contribution in [0, 0.1) is 20.8 Å². The summed E-state index contributed by atoms with van der Waals surface area (Å²) in [5.41, 5.74) is 6.06. The van der Waals surface area contributed by atoms with E-state index in [1.165, 1.54) is 23.0 Å². The molecule has 3 aromatic rings. The van der Waals surface area contributed by atoms with Gasteiger partial charge in [0.05, 0.1) is 12.6 Å². The largest absolute Gasteiger partial charge is 0.493 e. The lowest BCUT2D eigenvalue weighted by Crippen LogP contribution is -2.32. The van der Waals surface area contributed by atoms with Crippen molar-refractivity contribution in [2.24, 2.45) is 0 Å². The molecule has 138 valence electrons. The Labute approximate surface area is 158 Å². The van der Waals surface area contributed by atoms with Crippen molar-refractivity contribution in [2.75, 3.05) is 6.61 Å². The standard InChI is InChI=1S/C22H22N2O3/c1-13-4-6-17(14(2)10-13)16-5-7-21-18(11-16)19(8-9-26-21)24-22(25)20-12-27-15(3)23-20/h4-7,10-12,19H,8-9H2,1-3H3,(H,24,25).